The van der Waals surface area contributed by atoms with Crippen LogP contribution in [0.5, 0.6) is 0 Å². The second kappa shape index (κ2) is 7.24. The van der Waals surface area contributed by atoms with E-state index in [1.54, 1.807) is 0 Å². The van der Waals surface area contributed by atoms with Crippen molar-refractivity contribution in [2.75, 3.05) is 18.5 Å². The van der Waals surface area contributed by atoms with Gasteiger partial charge in [-0.2, -0.15) is 0 Å². The van der Waals surface area contributed by atoms with Crippen molar-refractivity contribution < 1.29 is 9.53 Å². The minimum atomic E-state index is -0.205. The summed E-state index contributed by atoms with van der Waals surface area (Å²) in [5.41, 5.74) is 1.82. The highest BCUT2D eigenvalue weighted by atomic mass is 16.5. The smallest absolute Gasteiger partial charge is 0.226 e. The average Bonchev–Trinajstić information content (AvgIpc) is 3.33. The normalized spacial score (nSPS) is 16.7. The number of hydrogen-bond acceptors (Lipinski definition) is 2. The van der Waals surface area contributed by atoms with E-state index in [9.17, 15) is 4.79 Å². The third kappa shape index (κ3) is 3.39. The lowest BCUT2D eigenvalue weighted by Gasteiger charge is -2.38. The molecule has 0 atom stereocenters. The molecule has 0 radical (unpaired) electrons. The zero-order valence-corrected chi connectivity index (χ0v) is 16.0. The standard InChI is InChI=1S/C22H27N3O2/c1-17(2)25-13-8-18-19(6-5-7-20(18)25)23-21(26)16-22(9-14-27-15-10-22)24-11-3-4-12-24/h3-8,11-13,17H,9-10,14-16H2,1-2H3,(H,23,26). The summed E-state index contributed by atoms with van der Waals surface area (Å²) < 4.78 is 9.97. The summed E-state index contributed by atoms with van der Waals surface area (Å²) in [6, 6.07) is 12.6. The Bertz CT molecular complexity index is 918. The summed E-state index contributed by atoms with van der Waals surface area (Å²) in [6.07, 6.45) is 8.35. The molecule has 1 N–H and O–H groups in total. The number of amides is 1. The minimum Gasteiger partial charge on any atom is -0.381 e. The van der Waals surface area contributed by atoms with E-state index >= 15 is 0 Å². The van der Waals surface area contributed by atoms with Crippen LogP contribution in [0.1, 0.15) is 39.2 Å². The quantitative estimate of drug-likeness (QED) is 0.721. The van der Waals surface area contributed by atoms with Gasteiger partial charge in [0, 0.05) is 43.2 Å². The van der Waals surface area contributed by atoms with Crippen LogP contribution < -0.4 is 5.32 Å². The van der Waals surface area contributed by atoms with Crippen LogP contribution in [0.15, 0.2) is 55.0 Å². The first-order valence-corrected chi connectivity index (χ1v) is 9.70. The number of ether oxygens (including phenoxy) is 1. The molecule has 1 aromatic carbocycles. The van der Waals surface area contributed by atoms with E-state index in [4.69, 9.17) is 4.74 Å². The molecule has 1 aliphatic heterocycles. The van der Waals surface area contributed by atoms with Crippen molar-refractivity contribution in [3.8, 4) is 0 Å². The van der Waals surface area contributed by atoms with E-state index in [-0.39, 0.29) is 11.4 Å². The van der Waals surface area contributed by atoms with Gasteiger partial charge in [-0.15, -0.1) is 0 Å². The number of hydrogen-bond donors (Lipinski definition) is 1. The third-order valence-electron chi connectivity index (χ3n) is 5.66. The van der Waals surface area contributed by atoms with Crippen molar-refractivity contribution in [2.45, 2.75) is 44.7 Å². The highest BCUT2D eigenvalue weighted by molar-refractivity contribution is 6.01. The van der Waals surface area contributed by atoms with Crippen molar-refractivity contribution >= 4 is 22.5 Å². The zero-order valence-electron chi connectivity index (χ0n) is 16.0. The van der Waals surface area contributed by atoms with Gasteiger partial charge >= 0.3 is 0 Å². The van der Waals surface area contributed by atoms with Crippen LogP contribution in [0.2, 0.25) is 0 Å². The predicted octanol–water partition coefficient (Wildman–Crippen LogP) is 4.56. The lowest BCUT2D eigenvalue weighted by molar-refractivity contribution is -0.119. The number of aromatic nitrogens is 2. The first-order chi connectivity index (χ1) is 13.1. The molecule has 0 unspecified atom stereocenters. The summed E-state index contributed by atoms with van der Waals surface area (Å²) in [6.45, 7) is 5.71. The Morgan fingerprint density at radius 3 is 2.56 bits per heavy atom. The third-order valence-corrected chi connectivity index (χ3v) is 5.66. The molecule has 0 saturated carbocycles. The molecule has 0 bridgehead atoms. The van der Waals surface area contributed by atoms with Gasteiger partial charge in [0.15, 0.2) is 0 Å². The van der Waals surface area contributed by atoms with Crippen molar-refractivity contribution in [3.05, 3.63) is 55.0 Å². The Labute approximate surface area is 159 Å². The fourth-order valence-electron chi connectivity index (χ4n) is 4.17. The number of rotatable bonds is 5. The van der Waals surface area contributed by atoms with Crippen molar-refractivity contribution in [3.63, 3.8) is 0 Å². The molecule has 1 amide bonds. The molecule has 1 fully saturated rings. The zero-order chi connectivity index (χ0) is 18.9. The first kappa shape index (κ1) is 17.9. The molecule has 0 aliphatic carbocycles. The SMILES string of the molecule is CC(C)n1ccc2c(NC(=O)CC3(n4cccc4)CCOCC3)cccc21. The molecule has 1 saturated heterocycles. The van der Waals surface area contributed by atoms with Gasteiger partial charge in [-0.3, -0.25) is 4.79 Å². The highest BCUT2D eigenvalue weighted by Gasteiger charge is 2.36. The summed E-state index contributed by atoms with van der Waals surface area (Å²) in [4.78, 5) is 13.0. The fraction of sp³-hybridized carbons (Fsp3) is 0.409. The Morgan fingerprint density at radius 2 is 1.85 bits per heavy atom. The molecular weight excluding hydrogens is 338 g/mol. The van der Waals surface area contributed by atoms with E-state index in [1.807, 2.05) is 24.3 Å². The summed E-state index contributed by atoms with van der Waals surface area (Å²) >= 11 is 0. The largest absolute Gasteiger partial charge is 0.381 e. The average molecular weight is 365 g/mol. The summed E-state index contributed by atoms with van der Waals surface area (Å²) in [7, 11) is 0. The molecule has 5 nitrogen and oxygen atoms in total. The highest BCUT2D eigenvalue weighted by Crippen LogP contribution is 2.34. The van der Waals surface area contributed by atoms with Gasteiger partial charge in [-0.05, 0) is 57.0 Å². The molecule has 27 heavy (non-hydrogen) atoms. The van der Waals surface area contributed by atoms with Gasteiger partial charge < -0.3 is 19.2 Å². The molecule has 2 aromatic heterocycles. The molecule has 142 valence electrons. The number of carbonyl (C=O) groups excluding carboxylic acids is 1. The second-order valence-corrected chi connectivity index (χ2v) is 7.71. The Morgan fingerprint density at radius 1 is 1.11 bits per heavy atom. The van der Waals surface area contributed by atoms with Crippen LogP contribution in [-0.4, -0.2) is 28.3 Å². The van der Waals surface area contributed by atoms with Gasteiger partial charge in [0.1, 0.15) is 0 Å². The van der Waals surface area contributed by atoms with Gasteiger partial charge in [-0.1, -0.05) is 6.07 Å². The van der Waals surface area contributed by atoms with Crippen LogP contribution >= 0.6 is 0 Å². The lowest BCUT2D eigenvalue weighted by atomic mass is 9.86. The number of fused-ring (bicyclic) bond motifs is 1. The topological polar surface area (TPSA) is 48.2 Å². The molecule has 3 heterocycles. The fourth-order valence-corrected chi connectivity index (χ4v) is 4.17. The van der Waals surface area contributed by atoms with Crippen molar-refractivity contribution in [1.82, 2.24) is 9.13 Å². The van der Waals surface area contributed by atoms with Crippen molar-refractivity contribution in [1.29, 1.82) is 0 Å². The number of carbonyl (C=O) groups is 1. The van der Waals surface area contributed by atoms with E-state index in [2.05, 4.69) is 59.0 Å². The number of anilines is 1. The van der Waals surface area contributed by atoms with E-state index in [0.29, 0.717) is 25.7 Å². The lowest BCUT2D eigenvalue weighted by Crippen LogP contribution is -2.42. The molecule has 4 rings (SSSR count). The first-order valence-electron chi connectivity index (χ1n) is 9.70. The van der Waals surface area contributed by atoms with Crippen molar-refractivity contribution in [2.24, 2.45) is 0 Å². The summed E-state index contributed by atoms with van der Waals surface area (Å²) in [5, 5.41) is 4.25. The molecular formula is C22H27N3O2. The number of nitrogens with zero attached hydrogens (tertiary/aromatic N) is 2. The summed E-state index contributed by atoms with van der Waals surface area (Å²) in [5.74, 6) is 0.0513. The maximum Gasteiger partial charge on any atom is 0.226 e. The number of nitrogens with one attached hydrogen (secondary N) is 1. The van der Waals surface area contributed by atoms with Gasteiger partial charge in [-0.25, -0.2) is 0 Å². The minimum absolute atomic E-state index is 0.0513. The maximum absolute atomic E-state index is 13.0. The van der Waals surface area contributed by atoms with Gasteiger partial charge in [0.05, 0.1) is 23.2 Å². The van der Waals surface area contributed by atoms with Crippen LogP contribution in [0.4, 0.5) is 5.69 Å². The van der Waals surface area contributed by atoms with Gasteiger partial charge in [0.2, 0.25) is 5.91 Å². The van der Waals surface area contributed by atoms with E-state index in [1.165, 1.54) is 0 Å². The molecule has 5 heteroatoms. The number of benzene rings is 1. The van der Waals surface area contributed by atoms with E-state index < -0.39 is 0 Å². The monoisotopic (exact) mass is 365 g/mol. The Kier molecular flexibility index (Phi) is 4.79. The Balaban J connectivity index is 1.58. The molecule has 0 spiro atoms. The van der Waals surface area contributed by atoms with Gasteiger partial charge in [0.25, 0.3) is 0 Å². The molecule has 3 aromatic rings. The van der Waals surface area contributed by atoms with Crippen LogP contribution in [0.25, 0.3) is 10.9 Å². The Hall–Kier alpha value is -2.53. The second-order valence-electron chi connectivity index (χ2n) is 7.71. The van der Waals surface area contributed by atoms with Crippen LogP contribution in [-0.2, 0) is 15.1 Å². The van der Waals surface area contributed by atoms with E-state index in [0.717, 1.165) is 29.4 Å². The predicted molar refractivity (Wildman–Crippen MR) is 108 cm³/mol. The molecule has 1 aliphatic rings. The van der Waals surface area contributed by atoms with Crippen LogP contribution in [0, 0.1) is 0 Å². The van der Waals surface area contributed by atoms with Crippen LogP contribution in [0.3, 0.4) is 0 Å². The maximum atomic E-state index is 13.0.